The largest absolute Gasteiger partial charge is 0.338 e. The molecule has 1 aliphatic carbocycles. The van der Waals surface area contributed by atoms with Crippen LogP contribution in [0.5, 0.6) is 0 Å². The SMILES string of the molecule is CC(C)CN(C(=O)CN(C)C(C)c1cccs1)C1CC1. The molecule has 1 heterocycles. The first-order valence-electron chi connectivity index (χ1n) is 7.52. The standard InChI is InChI=1S/C16H26N2OS/c1-12(2)10-18(14-7-8-14)16(19)11-17(4)13(3)15-6-5-9-20-15/h5-6,9,12-14H,7-8,10-11H2,1-4H3. The van der Waals surface area contributed by atoms with Gasteiger partial charge in [0.15, 0.2) is 0 Å². The van der Waals surface area contributed by atoms with Crippen LogP contribution in [0.4, 0.5) is 0 Å². The molecule has 1 aliphatic rings. The third-order valence-corrected chi connectivity index (χ3v) is 4.91. The van der Waals surface area contributed by atoms with Crippen molar-refractivity contribution in [3.05, 3.63) is 22.4 Å². The van der Waals surface area contributed by atoms with E-state index in [9.17, 15) is 4.79 Å². The van der Waals surface area contributed by atoms with E-state index in [0.717, 1.165) is 6.54 Å². The van der Waals surface area contributed by atoms with Gasteiger partial charge in [0.25, 0.3) is 0 Å². The Morgan fingerprint density at radius 2 is 2.10 bits per heavy atom. The quantitative estimate of drug-likeness (QED) is 0.769. The highest BCUT2D eigenvalue weighted by atomic mass is 32.1. The normalized spacial score (nSPS) is 16.7. The van der Waals surface area contributed by atoms with Crippen LogP contribution in [0.25, 0.3) is 0 Å². The molecule has 3 nitrogen and oxygen atoms in total. The molecule has 112 valence electrons. The number of carbonyl (C=O) groups is 1. The highest BCUT2D eigenvalue weighted by Gasteiger charge is 2.33. The average molecular weight is 294 g/mol. The zero-order valence-corrected chi connectivity index (χ0v) is 13.8. The van der Waals surface area contributed by atoms with Crippen molar-refractivity contribution in [2.45, 2.75) is 45.7 Å². The minimum Gasteiger partial charge on any atom is -0.338 e. The highest BCUT2D eigenvalue weighted by molar-refractivity contribution is 7.10. The molecule has 4 heteroatoms. The van der Waals surface area contributed by atoms with Crippen molar-refractivity contribution in [2.75, 3.05) is 20.1 Å². The third kappa shape index (κ3) is 4.06. The Hall–Kier alpha value is -0.870. The van der Waals surface area contributed by atoms with Crippen LogP contribution in [0.2, 0.25) is 0 Å². The number of thiophene rings is 1. The van der Waals surface area contributed by atoms with Gasteiger partial charge in [-0.2, -0.15) is 0 Å². The Labute approximate surface area is 126 Å². The Balaban J connectivity index is 1.91. The van der Waals surface area contributed by atoms with Crippen LogP contribution in [0, 0.1) is 5.92 Å². The number of rotatable bonds is 7. The van der Waals surface area contributed by atoms with E-state index in [1.165, 1.54) is 17.7 Å². The van der Waals surface area contributed by atoms with Gasteiger partial charge in [0.2, 0.25) is 5.91 Å². The number of likely N-dealkylation sites (N-methyl/N-ethyl adjacent to an activating group) is 1. The Bertz CT molecular complexity index is 426. The van der Waals surface area contributed by atoms with Gasteiger partial charge in [0.1, 0.15) is 0 Å². The molecule has 1 fully saturated rings. The van der Waals surface area contributed by atoms with E-state index in [0.29, 0.717) is 24.5 Å². The maximum absolute atomic E-state index is 12.5. The molecule has 0 bridgehead atoms. The summed E-state index contributed by atoms with van der Waals surface area (Å²) >= 11 is 1.76. The smallest absolute Gasteiger partial charge is 0.237 e. The summed E-state index contributed by atoms with van der Waals surface area (Å²) < 4.78 is 0. The molecule has 1 aromatic rings. The Morgan fingerprint density at radius 1 is 1.40 bits per heavy atom. The van der Waals surface area contributed by atoms with Crippen LogP contribution < -0.4 is 0 Å². The zero-order valence-electron chi connectivity index (χ0n) is 13.0. The van der Waals surface area contributed by atoms with Crippen LogP contribution in [0.1, 0.15) is 44.5 Å². The van der Waals surface area contributed by atoms with Crippen LogP contribution in [0.3, 0.4) is 0 Å². The first-order valence-corrected chi connectivity index (χ1v) is 8.40. The van der Waals surface area contributed by atoms with Gasteiger partial charge in [-0.25, -0.2) is 0 Å². The van der Waals surface area contributed by atoms with E-state index < -0.39 is 0 Å². The molecule has 1 amide bonds. The van der Waals surface area contributed by atoms with Crippen molar-refractivity contribution in [2.24, 2.45) is 5.92 Å². The maximum atomic E-state index is 12.5. The molecule has 1 atom stereocenters. The second-order valence-electron chi connectivity index (χ2n) is 6.28. The van der Waals surface area contributed by atoms with Crippen molar-refractivity contribution in [3.63, 3.8) is 0 Å². The van der Waals surface area contributed by atoms with Gasteiger partial charge < -0.3 is 4.90 Å². The fourth-order valence-electron chi connectivity index (χ4n) is 2.42. The lowest BCUT2D eigenvalue weighted by Crippen LogP contribution is -2.42. The lowest BCUT2D eigenvalue weighted by Gasteiger charge is -2.29. The number of amides is 1. The van der Waals surface area contributed by atoms with E-state index in [2.05, 4.69) is 48.1 Å². The minimum atomic E-state index is 0.284. The van der Waals surface area contributed by atoms with Crippen LogP contribution >= 0.6 is 11.3 Å². The lowest BCUT2D eigenvalue weighted by atomic mass is 10.2. The predicted molar refractivity (Wildman–Crippen MR) is 84.9 cm³/mol. The van der Waals surface area contributed by atoms with Gasteiger partial charge in [-0.15, -0.1) is 11.3 Å². The minimum absolute atomic E-state index is 0.284. The summed E-state index contributed by atoms with van der Waals surface area (Å²) in [6, 6.07) is 5.03. The summed E-state index contributed by atoms with van der Waals surface area (Å²) in [5.74, 6) is 0.826. The Morgan fingerprint density at radius 3 is 2.60 bits per heavy atom. The molecule has 1 aromatic heterocycles. The first-order chi connectivity index (χ1) is 9.49. The predicted octanol–water partition coefficient (Wildman–Crippen LogP) is 3.39. The fraction of sp³-hybridized carbons (Fsp3) is 0.688. The molecule has 0 spiro atoms. The van der Waals surface area contributed by atoms with Crippen molar-refractivity contribution in [1.82, 2.24) is 9.80 Å². The summed E-state index contributed by atoms with van der Waals surface area (Å²) in [7, 11) is 2.04. The van der Waals surface area contributed by atoms with Gasteiger partial charge in [-0.05, 0) is 44.2 Å². The van der Waals surface area contributed by atoms with Gasteiger partial charge in [-0.1, -0.05) is 19.9 Å². The van der Waals surface area contributed by atoms with Crippen molar-refractivity contribution < 1.29 is 4.79 Å². The summed E-state index contributed by atoms with van der Waals surface area (Å²) in [6.45, 7) is 7.94. The molecular formula is C16H26N2OS. The monoisotopic (exact) mass is 294 g/mol. The first kappa shape index (κ1) is 15.5. The van der Waals surface area contributed by atoms with Crippen LogP contribution in [-0.2, 0) is 4.79 Å². The summed E-state index contributed by atoms with van der Waals surface area (Å²) in [5.41, 5.74) is 0. The number of hydrogen-bond acceptors (Lipinski definition) is 3. The fourth-order valence-corrected chi connectivity index (χ4v) is 3.27. The van der Waals surface area contributed by atoms with Gasteiger partial charge in [0.05, 0.1) is 6.54 Å². The summed E-state index contributed by atoms with van der Waals surface area (Å²) in [5, 5.41) is 2.09. The summed E-state index contributed by atoms with van der Waals surface area (Å²) in [4.78, 5) is 18.1. The molecule has 1 saturated carbocycles. The molecule has 0 N–H and O–H groups in total. The van der Waals surface area contributed by atoms with Gasteiger partial charge >= 0.3 is 0 Å². The molecule has 0 radical (unpaired) electrons. The van der Waals surface area contributed by atoms with Crippen molar-refractivity contribution in [3.8, 4) is 0 Å². The number of carbonyl (C=O) groups excluding carboxylic acids is 1. The molecule has 2 rings (SSSR count). The highest BCUT2D eigenvalue weighted by Crippen LogP contribution is 2.28. The molecule has 0 aliphatic heterocycles. The average Bonchev–Trinajstić information content (AvgIpc) is 3.08. The van der Waals surface area contributed by atoms with E-state index in [1.54, 1.807) is 11.3 Å². The molecule has 0 aromatic carbocycles. The summed E-state index contributed by atoms with van der Waals surface area (Å²) in [6.07, 6.45) is 2.37. The van der Waals surface area contributed by atoms with E-state index >= 15 is 0 Å². The maximum Gasteiger partial charge on any atom is 0.237 e. The zero-order chi connectivity index (χ0) is 14.7. The van der Waals surface area contributed by atoms with Crippen molar-refractivity contribution in [1.29, 1.82) is 0 Å². The third-order valence-electron chi connectivity index (χ3n) is 3.87. The van der Waals surface area contributed by atoms with E-state index in [4.69, 9.17) is 0 Å². The van der Waals surface area contributed by atoms with Crippen molar-refractivity contribution >= 4 is 17.2 Å². The molecule has 0 saturated heterocycles. The van der Waals surface area contributed by atoms with Gasteiger partial charge in [0, 0.05) is 23.5 Å². The number of hydrogen-bond donors (Lipinski definition) is 0. The molecule has 20 heavy (non-hydrogen) atoms. The molecular weight excluding hydrogens is 268 g/mol. The van der Waals surface area contributed by atoms with Crippen LogP contribution in [0.15, 0.2) is 17.5 Å². The molecule has 1 unspecified atom stereocenters. The van der Waals surface area contributed by atoms with Gasteiger partial charge in [-0.3, -0.25) is 9.69 Å². The topological polar surface area (TPSA) is 23.6 Å². The number of nitrogens with zero attached hydrogens (tertiary/aromatic N) is 2. The lowest BCUT2D eigenvalue weighted by molar-refractivity contribution is -0.133. The van der Waals surface area contributed by atoms with E-state index in [1.807, 2.05) is 7.05 Å². The second kappa shape index (κ2) is 6.72. The Kier molecular flexibility index (Phi) is 5.22. The second-order valence-corrected chi connectivity index (χ2v) is 7.26. The van der Waals surface area contributed by atoms with E-state index in [-0.39, 0.29) is 5.91 Å². The van der Waals surface area contributed by atoms with Crippen LogP contribution in [-0.4, -0.2) is 41.9 Å².